The van der Waals surface area contributed by atoms with Gasteiger partial charge in [-0.15, -0.1) is 0 Å². The van der Waals surface area contributed by atoms with Gasteiger partial charge in [-0.2, -0.15) is 0 Å². The van der Waals surface area contributed by atoms with Crippen molar-refractivity contribution in [1.29, 1.82) is 0 Å². The number of hydrogen-bond donors (Lipinski definition) is 0. The van der Waals surface area contributed by atoms with Crippen LogP contribution in [-0.2, 0) is 0 Å². The predicted molar refractivity (Wildman–Crippen MR) is 76.7 cm³/mol. The van der Waals surface area contributed by atoms with Gasteiger partial charge in [-0.05, 0) is 29.7 Å². The van der Waals surface area contributed by atoms with E-state index in [0.717, 1.165) is 17.8 Å². The van der Waals surface area contributed by atoms with Gasteiger partial charge in [0.2, 0.25) is 0 Å². The molecule has 3 atom stereocenters. The molecule has 0 N–H and O–H groups in total. The molecule has 1 aromatic rings. The molecule has 0 nitrogen and oxygen atoms in total. The van der Waals surface area contributed by atoms with Gasteiger partial charge in [0.15, 0.2) is 0 Å². The molecule has 1 saturated heterocycles. The molecule has 2 radical (unpaired) electrons. The minimum absolute atomic E-state index is 0.832. The lowest BCUT2D eigenvalue weighted by Crippen LogP contribution is -2.26. The van der Waals surface area contributed by atoms with Crippen molar-refractivity contribution in [3.05, 3.63) is 35.9 Å². The van der Waals surface area contributed by atoms with Gasteiger partial charge in [0.05, 0.1) is 0 Å². The Morgan fingerprint density at radius 2 is 2.06 bits per heavy atom. The van der Waals surface area contributed by atoms with Crippen molar-refractivity contribution in [3.8, 4) is 0 Å². The predicted octanol–water partition coefficient (Wildman–Crippen LogP) is 4.77. The summed E-state index contributed by atoms with van der Waals surface area (Å²) < 4.78 is 0. The Morgan fingerprint density at radius 3 is 2.76 bits per heavy atom. The van der Waals surface area contributed by atoms with Crippen LogP contribution in [0.15, 0.2) is 30.3 Å². The summed E-state index contributed by atoms with van der Waals surface area (Å²) >= 11 is 0. The molecule has 1 aliphatic heterocycles. The third-order valence-corrected chi connectivity index (χ3v) is 5.63. The first-order chi connectivity index (χ1) is 8.33. The summed E-state index contributed by atoms with van der Waals surface area (Å²) in [6.45, 7) is 4.79. The molecule has 0 aliphatic carbocycles. The third-order valence-electron chi connectivity index (χ3n) is 4.23. The molecule has 0 bridgehead atoms. The summed E-state index contributed by atoms with van der Waals surface area (Å²) in [5.41, 5.74) is 1.59. The van der Waals surface area contributed by atoms with E-state index < -0.39 is 0 Å². The Kier molecular flexibility index (Phi) is 4.84. The summed E-state index contributed by atoms with van der Waals surface area (Å²) in [6.07, 6.45) is 4.15. The van der Waals surface area contributed by atoms with Gasteiger partial charge in [0, 0.05) is 9.52 Å². The van der Waals surface area contributed by atoms with Crippen molar-refractivity contribution < 1.29 is 0 Å². The Bertz CT molecular complexity index is 320. The quantitative estimate of drug-likeness (QED) is 0.669. The van der Waals surface area contributed by atoms with Crippen molar-refractivity contribution in [2.75, 3.05) is 0 Å². The summed E-state index contributed by atoms with van der Waals surface area (Å²) in [7, 11) is 1.21. The van der Waals surface area contributed by atoms with E-state index in [0.29, 0.717) is 0 Å². The van der Waals surface area contributed by atoms with Gasteiger partial charge in [0.25, 0.3) is 0 Å². The molecule has 92 valence electrons. The van der Waals surface area contributed by atoms with E-state index in [1.54, 1.807) is 5.56 Å². The molecule has 0 saturated carbocycles. The Labute approximate surface area is 109 Å². The lowest BCUT2D eigenvalue weighted by atomic mass is 9.76. The lowest BCUT2D eigenvalue weighted by Gasteiger charge is -2.36. The van der Waals surface area contributed by atoms with Gasteiger partial charge in [-0.1, -0.05) is 69.1 Å². The van der Waals surface area contributed by atoms with Crippen molar-refractivity contribution in [2.24, 2.45) is 11.8 Å². The summed E-state index contributed by atoms with van der Waals surface area (Å²) in [6, 6.07) is 14.1. The van der Waals surface area contributed by atoms with Gasteiger partial charge >= 0.3 is 0 Å². The summed E-state index contributed by atoms with van der Waals surface area (Å²) in [4.78, 5) is 0. The van der Waals surface area contributed by atoms with E-state index in [9.17, 15) is 0 Å². The number of hydrogen-bond acceptors (Lipinski definition) is 0. The van der Waals surface area contributed by atoms with Crippen LogP contribution in [0.4, 0.5) is 0 Å². The second-order valence-corrected chi connectivity index (χ2v) is 6.85. The second-order valence-electron chi connectivity index (χ2n) is 5.44. The van der Waals surface area contributed by atoms with Crippen molar-refractivity contribution >= 4 is 9.52 Å². The highest BCUT2D eigenvalue weighted by Crippen LogP contribution is 2.41. The van der Waals surface area contributed by atoms with Gasteiger partial charge < -0.3 is 0 Å². The van der Waals surface area contributed by atoms with Crippen LogP contribution < -0.4 is 0 Å². The van der Waals surface area contributed by atoms with Gasteiger partial charge in [0.1, 0.15) is 0 Å². The monoisotopic (exact) mass is 244 g/mol. The smallest absolute Gasteiger partial charge is 0.0381 e. The highest BCUT2D eigenvalue weighted by Gasteiger charge is 2.30. The number of benzene rings is 1. The van der Waals surface area contributed by atoms with Crippen LogP contribution in [0.2, 0.25) is 12.1 Å². The highest BCUT2D eigenvalue weighted by atomic mass is 28.2. The minimum Gasteiger partial charge on any atom is -0.0654 e. The first kappa shape index (κ1) is 12.9. The third kappa shape index (κ3) is 3.22. The zero-order chi connectivity index (χ0) is 12.1. The lowest BCUT2D eigenvalue weighted by molar-refractivity contribution is 0.291. The average Bonchev–Trinajstić information content (AvgIpc) is 2.40. The normalized spacial score (nSPS) is 26.7. The molecule has 0 aromatic heterocycles. The molecule has 17 heavy (non-hydrogen) atoms. The fraction of sp³-hybridized carbons (Fsp3) is 0.625. The van der Waals surface area contributed by atoms with Crippen LogP contribution >= 0.6 is 0 Å². The van der Waals surface area contributed by atoms with Crippen LogP contribution in [0.5, 0.6) is 0 Å². The molecule has 0 amide bonds. The zero-order valence-corrected chi connectivity index (χ0v) is 12.2. The topological polar surface area (TPSA) is 0 Å². The van der Waals surface area contributed by atoms with Crippen molar-refractivity contribution in [3.63, 3.8) is 0 Å². The van der Waals surface area contributed by atoms with E-state index in [-0.39, 0.29) is 0 Å². The molecule has 3 unspecified atom stereocenters. The fourth-order valence-corrected chi connectivity index (χ4v) is 5.00. The van der Waals surface area contributed by atoms with Gasteiger partial charge in [-0.3, -0.25) is 0 Å². The highest BCUT2D eigenvalue weighted by molar-refractivity contribution is 6.35. The molecule has 1 heteroatoms. The molecule has 0 spiro atoms. The fourth-order valence-electron chi connectivity index (χ4n) is 3.26. The van der Waals surface area contributed by atoms with E-state index in [1.165, 1.54) is 40.9 Å². The molecule has 2 rings (SSSR count). The maximum Gasteiger partial charge on any atom is 0.0381 e. The first-order valence-corrected chi connectivity index (χ1v) is 8.50. The van der Waals surface area contributed by atoms with Crippen molar-refractivity contribution in [1.82, 2.24) is 0 Å². The van der Waals surface area contributed by atoms with Crippen LogP contribution in [0.3, 0.4) is 0 Å². The van der Waals surface area contributed by atoms with Crippen LogP contribution in [-0.4, -0.2) is 9.52 Å². The van der Waals surface area contributed by atoms with E-state index in [1.807, 2.05) is 0 Å². The molecule has 1 fully saturated rings. The molecule has 1 heterocycles. The minimum atomic E-state index is 0.832. The second kappa shape index (κ2) is 6.39. The molecular formula is C16H24Si. The molecular weight excluding hydrogens is 220 g/mol. The van der Waals surface area contributed by atoms with E-state index in [4.69, 9.17) is 0 Å². The Balaban J connectivity index is 2.12. The standard InChI is InChI=1S/C16H24Si/c1-3-7-13(2)16-12-17-11-10-15(16)14-8-5-4-6-9-14/h4-6,8-9,13,15-16H,3,7,10-12H2,1-2H3. The van der Waals surface area contributed by atoms with Gasteiger partial charge in [-0.25, -0.2) is 0 Å². The van der Waals surface area contributed by atoms with Crippen LogP contribution in [0.25, 0.3) is 0 Å². The Hall–Kier alpha value is -0.563. The largest absolute Gasteiger partial charge is 0.0654 e. The summed E-state index contributed by atoms with van der Waals surface area (Å²) in [5.74, 6) is 2.67. The average molecular weight is 244 g/mol. The maximum atomic E-state index is 2.47. The molecule has 1 aliphatic rings. The molecule has 1 aromatic carbocycles. The van der Waals surface area contributed by atoms with E-state index >= 15 is 0 Å². The first-order valence-electron chi connectivity index (χ1n) is 7.08. The SMILES string of the molecule is CCCC(C)C1C[Si]CCC1c1ccccc1. The summed E-state index contributed by atoms with van der Waals surface area (Å²) in [5, 5.41) is 0. The Morgan fingerprint density at radius 1 is 1.29 bits per heavy atom. The number of rotatable bonds is 4. The van der Waals surface area contributed by atoms with E-state index in [2.05, 4.69) is 44.2 Å². The maximum absolute atomic E-state index is 2.47. The zero-order valence-electron chi connectivity index (χ0n) is 11.2. The van der Waals surface area contributed by atoms with Crippen LogP contribution in [0, 0.1) is 11.8 Å². The van der Waals surface area contributed by atoms with Crippen molar-refractivity contribution in [2.45, 2.75) is 51.1 Å². The van der Waals surface area contributed by atoms with Crippen LogP contribution in [0.1, 0.15) is 44.6 Å².